The van der Waals surface area contributed by atoms with E-state index >= 15 is 0 Å². The average Bonchev–Trinajstić information content (AvgIpc) is 2.63. The van der Waals surface area contributed by atoms with Gasteiger partial charge in [-0.25, -0.2) is 0 Å². The first kappa shape index (κ1) is 17.2. The molecule has 0 N–H and O–H groups in total. The Hall–Kier alpha value is -2.60. The van der Waals surface area contributed by atoms with E-state index in [1.807, 2.05) is 0 Å². The SMILES string of the molecule is C/C=C/CCc1ccc(-c2ccc(-c3ccc(C)cc3)cc2C)cc1. The first-order chi connectivity index (χ1) is 12.2. The lowest BCUT2D eigenvalue weighted by atomic mass is 9.94. The lowest BCUT2D eigenvalue weighted by Gasteiger charge is -2.10. The third kappa shape index (κ3) is 4.28. The normalized spacial score (nSPS) is 11.2. The molecule has 3 aromatic rings. The van der Waals surface area contributed by atoms with Crippen molar-refractivity contribution >= 4 is 0 Å². The number of aryl methyl sites for hydroxylation is 3. The van der Waals surface area contributed by atoms with Crippen molar-refractivity contribution in [2.45, 2.75) is 33.6 Å². The fourth-order valence-electron chi connectivity index (χ4n) is 3.18. The van der Waals surface area contributed by atoms with Gasteiger partial charge in [-0.05, 0) is 67.0 Å². The van der Waals surface area contributed by atoms with Crippen LogP contribution >= 0.6 is 0 Å². The molecule has 3 rings (SSSR count). The fraction of sp³-hybridized carbons (Fsp3) is 0.200. The lowest BCUT2D eigenvalue weighted by molar-refractivity contribution is 1.000. The molecule has 0 amide bonds. The summed E-state index contributed by atoms with van der Waals surface area (Å²) >= 11 is 0. The molecule has 0 heteroatoms. The van der Waals surface area contributed by atoms with Crippen molar-refractivity contribution in [3.8, 4) is 22.3 Å². The molecule has 0 nitrogen and oxygen atoms in total. The van der Waals surface area contributed by atoms with Crippen molar-refractivity contribution in [3.05, 3.63) is 95.6 Å². The average molecular weight is 326 g/mol. The maximum absolute atomic E-state index is 2.29. The predicted molar refractivity (Wildman–Crippen MR) is 110 cm³/mol. The molecule has 0 radical (unpaired) electrons. The second-order valence-electron chi connectivity index (χ2n) is 6.70. The number of rotatable bonds is 5. The molecule has 0 aliphatic rings. The van der Waals surface area contributed by atoms with E-state index in [9.17, 15) is 0 Å². The molecule has 0 heterocycles. The summed E-state index contributed by atoms with van der Waals surface area (Å²) in [4.78, 5) is 0. The Bertz CT molecular complexity index is 850. The molecule has 0 atom stereocenters. The van der Waals surface area contributed by atoms with Gasteiger partial charge in [0.05, 0.1) is 0 Å². The third-order valence-corrected chi connectivity index (χ3v) is 4.71. The van der Waals surface area contributed by atoms with Gasteiger partial charge in [0.15, 0.2) is 0 Å². The summed E-state index contributed by atoms with van der Waals surface area (Å²) in [6.07, 6.45) is 6.56. The first-order valence-electron chi connectivity index (χ1n) is 9.05. The van der Waals surface area contributed by atoms with Gasteiger partial charge in [0.25, 0.3) is 0 Å². The lowest BCUT2D eigenvalue weighted by Crippen LogP contribution is -1.88. The molecule has 3 aromatic carbocycles. The van der Waals surface area contributed by atoms with Crippen LogP contribution in [0.25, 0.3) is 22.3 Å². The molecular weight excluding hydrogens is 300 g/mol. The van der Waals surface area contributed by atoms with E-state index in [4.69, 9.17) is 0 Å². The second kappa shape index (κ2) is 7.98. The van der Waals surface area contributed by atoms with Crippen molar-refractivity contribution in [2.75, 3.05) is 0 Å². The zero-order chi connectivity index (χ0) is 17.6. The van der Waals surface area contributed by atoms with Gasteiger partial charge < -0.3 is 0 Å². The van der Waals surface area contributed by atoms with Crippen molar-refractivity contribution in [2.24, 2.45) is 0 Å². The molecule has 0 aliphatic heterocycles. The number of hydrogen-bond acceptors (Lipinski definition) is 0. The highest BCUT2D eigenvalue weighted by Gasteiger charge is 2.05. The van der Waals surface area contributed by atoms with E-state index in [2.05, 4.69) is 99.7 Å². The minimum Gasteiger partial charge on any atom is -0.0917 e. The quantitative estimate of drug-likeness (QED) is 0.437. The zero-order valence-electron chi connectivity index (χ0n) is 15.4. The van der Waals surface area contributed by atoms with Gasteiger partial charge in [-0.3, -0.25) is 0 Å². The highest BCUT2D eigenvalue weighted by atomic mass is 14.1. The highest BCUT2D eigenvalue weighted by Crippen LogP contribution is 2.29. The molecule has 0 aromatic heterocycles. The molecule has 0 unspecified atom stereocenters. The molecule has 0 saturated heterocycles. The van der Waals surface area contributed by atoms with Crippen molar-refractivity contribution < 1.29 is 0 Å². The van der Waals surface area contributed by atoms with Gasteiger partial charge in [-0.15, -0.1) is 0 Å². The van der Waals surface area contributed by atoms with E-state index in [-0.39, 0.29) is 0 Å². The zero-order valence-corrected chi connectivity index (χ0v) is 15.4. The molecule has 0 fully saturated rings. The minimum atomic E-state index is 1.11. The molecule has 0 saturated carbocycles. The summed E-state index contributed by atoms with van der Waals surface area (Å²) < 4.78 is 0. The summed E-state index contributed by atoms with van der Waals surface area (Å²) in [5, 5.41) is 0. The van der Waals surface area contributed by atoms with Crippen molar-refractivity contribution in [1.29, 1.82) is 0 Å². The summed E-state index contributed by atoms with van der Waals surface area (Å²) in [5.41, 5.74) is 9.18. The minimum absolute atomic E-state index is 1.11. The molecular formula is C25H26. The van der Waals surface area contributed by atoms with Crippen LogP contribution in [0.15, 0.2) is 78.9 Å². The third-order valence-electron chi connectivity index (χ3n) is 4.71. The standard InChI is InChI=1S/C25H26/c1-4-5-6-7-21-10-14-23(15-11-21)25-17-16-24(18-20(25)3)22-12-8-19(2)9-13-22/h4-5,8-18H,6-7H2,1-3H3/b5-4+. The summed E-state index contributed by atoms with van der Waals surface area (Å²) in [5.74, 6) is 0. The monoisotopic (exact) mass is 326 g/mol. The van der Waals surface area contributed by atoms with E-state index in [0.717, 1.165) is 12.8 Å². The van der Waals surface area contributed by atoms with E-state index < -0.39 is 0 Å². The van der Waals surface area contributed by atoms with Gasteiger partial charge in [0.2, 0.25) is 0 Å². The summed E-state index contributed by atoms with van der Waals surface area (Å²) in [6.45, 7) is 6.40. The Morgan fingerprint density at radius 2 is 1.36 bits per heavy atom. The van der Waals surface area contributed by atoms with Crippen molar-refractivity contribution in [1.82, 2.24) is 0 Å². The largest absolute Gasteiger partial charge is 0.0917 e. The predicted octanol–water partition coefficient (Wildman–Crippen LogP) is 7.15. The molecule has 0 aliphatic carbocycles. The van der Waals surface area contributed by atoms with E-state index in [1.165, 1.54) is 38.9 Å². The second-order valence-corrected chi connectivity index (χ2v) is 6.70. The Balaban J connectivity index is 1.82. The molecule has 25 heavy (non-hydrogen) atoms. The number of benzene rings is 3. The van der Waals surface area contributed by atoms with E-state index in [1.54, 1.807) is 0 Å². The van der Waals surface area contributed by atoms with Crippen LogP contribution < -0.4 is 0 Å². The topological polar surface area (TPSA) is 0 Å². The van der Waals surface area contributed by atoms with Gasteiger partial charge in [0.1, 0.15) is 0 Å². The highest BCUT2D eigenvalue weighted by molar-refractivity contribution is 5.73. The fourth-order valence-corrected chi connectivity index (χ4v) is 3.18. The van der Waals surface area contributed by atoms with Crippen molar-refractivity contribution in [3.63, 3.8) is 0 Å². The van der Waals surface area contributed by atoms with Crippen LogP contribution in [-0.4, -0.2) is 0 Å². The van der Waals surface area contributed by atoms with Gasteiger partial charge >= 0.3 is 0 Å². The number of allylic oxidation sites excluding steroid dienone is 2. The van der Waals surface area contributed by atoms with Crippen LogP contribution in [0.1, 0.15) is 30.0 Å². The van der Waals surface area contributed by atoms with Crippen LogP contribution in [0.4, 0.5) is 0 Å². The van der Waals surface area contributed by atoms with Crippen LogP contribution in [-0.2, 0) is 6.42 Å². The smallest absolute Gasteiger partial charge is 0.0154 e. The van der Waals surface area contributed by atoms with Gasteiger partial charge in [0, 0.05) is 0 Å². The molecule has 126 valence electrons. The first-order valence-corrected chi connectivity index (χ1v) is 9.05. The van der Waals surface area contributed by atoms with Crippen LogP contribution in [0.3, 0.4) is 0 Å². The molecule has 0 bridgehead atoms. The summed E-state index contributed by atoms with van der Waals surface area (Å²) in [6, 6.07) is 24.5. The van der Waals surface area contributed by atoms with E-state index in [0.29, 0.717) is 0 Å². The molecule has 0 spiro atoms. The Morgan fingerprint density at radius 1 is 0.720 bits per heavy atom. The maximum Gasteiger partial charge on any atom is -0.0154 e. The van der Waals surface area contributed by atoms with Gasteiger partial charge in [-0.1, -0.05) is 84.4 Å². The Morgan fingerprint density at radius 3 is 2.00 bits per heavy atom. The Kier molecular flexibility index (Phi) is 5.50. The van der Waals surface area contributed by atoms with Crippen LogP contribution in [0.5, 0.6) is 0 Å². The van der Waals surface area contributed by atoms with Crippen LogP contribution in [0.2, 0.25) is 0 Å². The maximum atomic E-state index is 2.29. The Labute approximate surface area is 151 Å². The van der Waals surface area contributed by atoms with Gasteiger partial charge in [-0.2, -0.15) is 0 Å². The number of hydrogen-bond donors (Lipinski definition) is 0. The summed E-state index contributed by atoms with van der Waals surface area (Å²) in [7, 11) is 0. The van der Waals surface area contributed by atoms with Crippen LogP contribution in [0, 0.1) is 13.8 Å².